The maximum Gasteiger partial charge on any atom is 0.416 e. The second-order valence-corrected chi connectivity index (χ2v) is 11.0. The molecule has 1 aliphatic rings. The van der Waals surface area contributed by atoms with E-state index in [1.54, 1.807) is 42.1 Å². The number of halogens is 3. The molecular weight excluding hydrogens is 527 g/mol. The molecule has 1 aliphatic heterocycles. The van der Waals surface area contributed by atoms with E-state index in [1.165, 1.54) is 36.5 Å². The largest absolute Gasteiger partial charge is 0.489 e. The molecule has 12 heteroatoms. The summed E-state index contributed by atoms with van der Waals surface area (Å²) < 4.78 is 72.9. The first-order valence-electron chi connectivity index (χ1n) is 11.0. The molecule has 194 valence electrons. The van der Waals surface area contributed by atoms with Crippen LogP contribution in [-0.4, -0.2) is 44.7 Å². The highest BCUT2D eigenvalue weighted by Crippen LogP contribution is 2.33. The summed E-state index contributed by atoms with van der Waals surface area (Å²) in [5.74, 6) is 1.66. The number of hydrazone groups is 1. The fraction of sp³-hybridized carbons (Fsp3) is 0.200. The number of hydrogen-bond donors (Lipinski definition) is 1. The number of hydrogen-bond acceptors (Lipinski definition) is 6. The molecule has 0 bridgehead atoms. The van der Waals surface area contributed by atoms with Gasteiger partial charge in [0.05, 0.1) is 22.4 Å². The zero-order chi connectivity index (χ0) is 26.5. The molecule has 1 N–H and O–H groups in total. The number of benzene rings is 3. The summed E-state index contributed by atoms with van der Waals surface area (Å²) in [6.45, 7) is -0.793. The van der Waals surface area contributed by atoms with E-state index in [4.69, 9.17) is 4.74 Å². The van der Waals surface area contributed by atoms with Crippen LogP contribution in [0.5, 0.6) is 5.75 Å². The summed E-state index contributed by atoms with van der Waals surface area (Å²) in [5, 5.41) is 3.87. The van der Waals surface area contributed by atoms with Crippen LogP contribution in [0.1, 0.15) is 11.1 Å². The molecule has 1 saturated heterocycles. The number of nitrogens with zero attached hydrogens (tertiary/aromatic N) is 2. The minimum Gasteiger partial charge on any atom is -0.489 e. The summed E-state index contributed by atoms with van der Waals surface area (Å²) >= 11 is 1.79. The van der Waals surface area contributed by atoms with Gasteiger partial charge in [0, 0.05) is 11.5 Å². The van der Waals surface area contributed by atoms with E-state index in [1.807, 2.05) is 0 Å². The lowest BCUT2D eigenvalue weighted by Gasteiger charge is -2.25. The van der Waals surface area contributed by atoms with Crippen LogP contribution in [0.2, 0.25) is 0 Å². The maximum atomic E-state index is 13.3. The van der Waals surface area contributed by atoms with Crippen LogP contribution in [0.15, 0.2) is 88.9 Å². The number of sulfonamides is 1. The van der Waals surface area contributed by atoms with E-state index in [0.29, 0.717) is 21.7 Å². The number of ether oxygens (including phenoxy) is 1. The summed E-state index contributed by atoms with van der Waals surface area (Å²) in [6.07, 6.45) is -3.17. The van der Waals surface area contributed by atoms with Crippen molar-refractivity contribution in [3.05, 3.63) is 90.0 Å². The van der Waals surface area contributed by atoms with Gasteiger partial charge in [-0.25, -0.2) is 13.8 Å². The van der Waals surface area contributed by atoms with Crippen molar-refractivity contribution in [2.45, 2.75) is 17.2 Å². The van der Waals surface area contributed by atoms with Crippen LogP contribution in [0.3, 0.4) is 0 Å². The fourth-order valence-corrected chi connectivity index (χ4v) is 5.36. The molecule has 7 nitrogen and oxygen atoms in total. The number of thioether (sulfide) groups is 1. The fourth-order valence-electron chi connectivity index (χ4n) is 3.36. The predicted molar refractivity (Wildman–Crippen MR) is 136 cm³/mol. The molecule has 0 aliphatic carbocycles. The Kier molecular flexibility index (Phi) is 8.08. The molecule has 0 aromatic heterocycles. The van der Waals surface area contributed by atoms with Gasteiger partial charge in [-0.1, -0.05) is 36.4 Å². The third-order valence-corrected chi connectivity index (χ3v) is 8.25. The van der Waals surface area contributed by atoms with Gasteiger partial charge in [0.1, 0.15) is 18.4 Å². The molecule has 0 spiro atoms. The Hall–Kier alpha value is -3.51. The number of nitrogens with one attached hydrogen (secondary N) is 1. The van der Waals surface area contributed by atoms with Gasteiger partial charge in [-0.3, -0.25) is 9.10 Å². The van der Waals surface area contributed by atoms with Crippen molar-refractivity contribution in [1.29, 1.82) is 0 Å². The van der Waals surface area contributed by atoms with Crippen molar-refractivity contribution in [3.8, 4) is 5.75 Å². The topological polar surface area (TPSA) is 88.1 Å². The van der Waals surface area contributed by atoms with Crippen molar-refractivity contribution < 1.29 is 31.1 Å². The Balaban J connectivity index is 1.52. The van der Waals surface area contributed by atoms with Crippen LogP contribution in [0.25, 0.3) is 0 Å². The molecule has 1 fully saturated rings. The van der Waals surface area contributed by atoms with Crippen molar-refractivity contribution >= 4 is 39.6 Å². The van der Waals surface area contributed by atoms with Gasteiger partial charge in [0.25, 0.3) is 15.9 Å². The Morgan fingerprint density at radius 2 is 1.78 bits per heavy atom. The molecule has 1 heterocycles. The smallest absolute Gasteiger partial charge is 0.416 e. The molecule has 4 rings (SSSR count). The summed E-state index contributed by atoms with van der Waals surface area (Å²) in [6, 6.07) is 18.0. The van der Waals surface area contributed by atoms with E-state index in [2.05, 4.69) is 10.5 Å². The number of rotatable bonds is 9. The molecule has 0 unspecified atom stereocenters. The van der Waals surface area contributed by atoms with E-state index >= 15 is 0 Å². The minimum absolute atomic E-state index is 0.158. The van der Waals surface area contributed by atoms with Gasteiger partial charge in [-0.05, 0) is 48.0 Å². The molecule has 0 radical (unpaired) electrons. The summed E-state index contributed by atoms with van der Waals surface area (Å²) in [4.78, 5) is 12.5. The zero-order valence-electron chi connectivity index (χ0n) is 19.3. The Bertz CT molecular complexity index is 1380. The summed E-state index contributed by atoms with van der Waals surface area (Å²) in [7, 11) is -4.37. The van der Waals surface area contributed by atoms with E-state index < -0.39 is 34.2 Å². The normalized spacial score (nSPS) is 14.2. The third-order valence-electron chi connectivity index (χ3n) is 5.25. The van der Waals surface area contributed by atoms with Gasteiger partial charge in [-0.15, -0.1) is 0 Å². The number of carbonyl (C=O) groups excluding carboxylic acids is 1. The molecular formula is C25H22F3N3O4S2. The van der Waals surface area contributed by atoms with E-state index in [-0.39, 0.29) is 16.7 Å². The van der Waals surface area contributed by atoms with Crippen LogP contribution < -0.4 is 14.5 Å². The van der Waals surface area contributed by atoms with Gasteiger partial charge < -0.3 is 4.74 Å². The van der Waals surface area contributed by atoms with E-state index in [9.17, 15) is 26.4 Å². The lowest BCUT2D eigenvalue weighted by molar-refractivity contribution is -0.137. The van der Waals surface area contributed by atoms with Gasteiger partial charge in [-0.2, -0.15) is 30.0 Å². The number of alkyl halides is 3. The average Bonchev–Trinajstić information content (AvgIpc) is 2.85. The number of anilines is 1. The highest BCUT2D eigenvalue weighted by atomic mass is 32.2. The maximum absolute atomic E-state index is 13.3. The standard InChI is InChI=1S/C25H22F3N3O4S2/c26-25(27,28)19-7-5-8-20(13-19)31(37(33,34)23-10-2-1-3-11-23)15-24(32)30-29-14-18-6-4-9-21(12-18)35-22-16-36-17-22/h1-14,22H,15-17H2,(H,30,32)/b29-14-. The van der Waals surface area contributed by atoms with Gasteiger partial charge in [0.15, 0.2) is 0 Å². The van der Waals surface area contributed by atoms with Crippen LogP contribution >= 0.6 is 11.8 Å². The first-order valence-corrected chi connectivity index (χ1v) is 13.6. The molecule has 3 aromatic carbocycles. The quantitative estimate of drug-likeness (QED) is 0.313. The van der Waals surface area contributed by atoms with Gasteiger partial charge in [0.2, 0.25) is 0 Å². The van der Waals surface area contributed by atoms with Crippen molar-refractivity contribution in [1.82, 2.24) is 5.43 Å². The van der Waals surface area contributed by atoms with Crippen LogP contribution in [0, 0.1) is 0 Å². The lowest BCUT2D eigenvalue weighted by atomic mass is 10.2. The minimum atomic E-state index is -4.69. The molecule has 37 heavy (non-hydrogen) atoms. The number of carbonyl (C=O) groups is 1. The Morgan fingerprint density at radius 3 is 2.46 bits per heavy atom. The molecule has 3 aromatic rings. The predicted octanol–water partition coefficient (Wildman–Crippen LogP) is 4.55. The van der Waals surface area contributed by atoms with Crippen LogP contribution in [0.4, 0.5) is 18.9 Å². The second kappa shape index (κ2) is 11.3. The monoisotopic (exact) mass is 549 g/mol. The highest BCUT2D eigenvalue weighted by molar-refractivity contribution is 8.00. The highest BCUT2D eigenvalue weighted by Gasteiger charge is 2.33. The Labute approximate surface area is 216 Å². The SMILES string of the molecule is O=C(CN(c1cccc(C(F)(F)F)c1)S(=O)(=O)c1ccccc1)N/N=C\c1cccc(OC2CSC2)c1. The van der Waals surface area contributed by atoms with Gasteiger partial charge >= 0.3 is 6.18 Å². The zero-order valence-corrected chi connectivity index (χ0v) is 20.9. The second-order valence-electron chi connectivity index (χ2n) is 8.02. The van der Waals surface area contributed by atoms with Crippen LogP contribution in [-0.2, 0) is 21.0 Å². The molecule has 1 amide bonds. The molecule has 0 saturated carbocycles. The first kappa shape index (κ1) is 26.6. The Morgan fingerprint density at radius 1 is 1.05 bits per heavy atom. The molecule has 0 atom stereocenters. The summed E-state index contributed by atoms with van der Waals surface area (Å²) in [5.41, 5.74) is 1.53. The average molecular weight is 550 g/mol. The lowest BCUT2D eigenvalue weighted by Crippen LogP contribution is -2.39. The van der Waals surface area contributed by atoms with Crippen molar-refractivity contribution in [3.63, 3.8) is 0 Å². The van der Waals surface area contributed by atoms with Crippen molar-refractivity contribution in [2.24, 2.45) is 5.10 Å². The van der Waals surface area contributed by atoms with Crippen molar-refractivity contribution in [2.75, 3.05) is 22.4 Å². The number of amides is 1. The third kappa shape index (κ3) is 6.83. The first-order chi connectivity index (χ1) is 17.6. The van der Waals surface area contributed by atoms with E-state index in [0.717, 1.165) is 23.6 Å².